The summed E-state index contributed by atoms with van der Waals surface area (Å²) < 4.78 is 1.64. The van der Waals surface area contributed by atoms with Gasteiger partial charge >= 0.3 is 0 Å². The second-order valence-corrected chi connectivity index (χ2v) is 5.31. The lowest BCUT2D eigenvalue weighted by atomic mass is 10.1. The van der Waals surface area contributed by atoms with Gasteiger partial charge in [0.1, 0.15) is 6.33 Å². The molecule has 2 atom stereocenters. The van der Waals surface area contributed by atoms with E-state index >= 15 is 0 Å². The molecule has 0 radical (unpaired) electrons. The number of carbonyl (C=O) groups excluding carboxylic acids is 1. The Hall–Kier alpha value is -2.69. The third-order valence-electron chi connectivity index (χ3n) is 3.88. The molecule has 2 aromatic heterocycles. The number of carbonyl (C=O) groups is 1. The zero-order chi connectivity index (χ0) is 14.2. The van der Waals surface area contributed by atoms with Crippen molar-refractivity contribution in [3.05, 3.63) is 66.1 Å². The maximum absolute atomic E-state index is 12.3. The molecule has 104 valence electrons. The van der Waals surface area contributed by atoms with Crippen molar-refractivity contribution in [2.45, 2.75) is 18.4 Å². The average molecular weight is 278 g/mol. The Morgan fingerprint density at radius 1 is 1.24 bits per heavy atom. The summed E-state index contributed by atoms with van der Waals surface area (Å²) in [6, 6.07) is 14.0. The summed E-state index contributed by atoms with van der Waals surface area (Å²) in [5.74, 6) is 0.385. The van der Waals surface area contributed by atoms with Crippen LogP contribution in [0.25, 0.3) is 5.65 Å². The van der Waals surface area contributed by atoms with Crippen LogP contribution in [0.15, 0.2) is 55.0 Å². The van der Waals surface area contributed by atoms with Crippen LogP contribution in [0.3, 0.4) is 0 Å². The molecule has 0 aliphatic heterocycles. The number of pyridine rings is 1. The summed E-state index contributed by atoms with van der Waals surface area (Å²) in [5.41, 5.74) is 2.59. The third-order valence-corrected chi connectivity index (χ3v) is 3.88. The highest BCUT2D eigenvalue weighted by molar-refractivity contribution is 5.95. The Bertz CT molecular complexity index is 796. The van der Waals surface area contributed by atoms with Crippen LogP contribution in [-0.4, -0.2) is 26.5 Å². The maximum atomic E-state index is 12.3. The molecule has 1 aromatic carbocycles. The number of fused-ring (bicyclic) bond motifs is 1. The molecule has 0 unspecified atom stereocenters. The summed E-state index contributed by atoms with van der Waals surface area (Å²) in [5, 5.41) is 7.10. The van der Waals surface area contributed by atoms with Gasteiger partial charge in [-0.05, 0) is 24.1 Å². The molecule has 5 heteroatoms. The summed E-state index contributed by atoms with van der Waals surface area (Å²) >= 11 is 0. The highest BCUT2D eigenvalue weighted by Gasteiger charge is 2.39. The molecule has 0 saturated heterocycles. The van der Waals surface area contributed by atoms with E-state index in [0.29, 0.717) is 17.1 Å². The van der Waals surface area contributed by atoms with E-state index in [9.17, 15) is 4.79 Å². The lowest BCUT2D eigenvalue weighted by Gasteiger charge is -2.05. The highest BCUT2D eigenvalue weighted by atomic mass is 16.1. The van der Waals surface area contributed by atoms with Gasteiger partial charge in [0.15, 0.2) is 5.65 Å². The van der Waals surface area contributed by atoms with Crippen molar-refractivity contribution in [2.75, 3.05) is 0 Å². The highest BCUT2D eigenvalue weighted by Crippen LogP contribution is 2.40. The van der Waals surface area contributed by atoms with Crippen molar-refractivity contribution in [1.82, 2.24) is 19.9 Å². The molecule has 21 heavy (non-hydrogen) atoms. The number of nitrogens with one attached hydrogen (secondary N) is 1. The molecule has 3 aromatic rings. The minimum absolute atomic E-state index is 0.0519. The van der Waals surface area contributed by atoms with Gasteiger partial charge < -0.3 is 5.32 Å². The van der Waals surface area contributed by atoms with Gasteiger partial charge in [0.05, 0.1) is 0 Å². The fourth-order valence-electron chi connectivity index (χ4n) is 2.63. The summed E-state index contributed by atoms with van der Waals surface area (Å²) in [6.07, 6.45) is 4.23. The largest absolute Gasteiger partial charge is 0.349 e. The molecule has 2 heterocycles. The van der Waals surface area contributed by atoms with Crippen LogP contribution in [0.2, 0.25) is 0 Å². The zero-order valence-electron chi connectivity index (χ0n) is 11.3. The van der Waals surface area contributed by atoms with Crippen molar-refractivity contribution in [3.8, 4) is 0 Å². The van der Waals surface area contributed by atoms with Crippen molar-refractivity contribution in [2.24, 2.45) is 0 Å². The van der Waals surface area contributed by atoms with Gasteiger partial charge in [-0.3, -0.25) is 4.79 Å². The SMILES string of the molecule is O=C(N[C@@H]1C[C@H]1c1ccccc1)c1ccn2ncnc2c1. The van der Waals surface area contributed by atoms with Crippen LogP contribution in [0.4, 0.5) is 0 Å². The minimum Gasteiger partial charge on any atom is -0.349 e. The lowest BCUT2D eigenvalue weighted by Crippen LogP contribution is -2.26. The normalized spacial score (nSPS) is 20.4. The summed E-state index contributed by atoms with van der Waals surface area (Å²) in [7, 11) is 0. The second kappa shape index (κ2) is 4.70. The third kappa shape index (κ3) is 2.27. The van der Waals surface area contributed by atoms with Gasteiger partial charge in [0.25, 0.3) is 5.91 Å². The van der Waals surface area contributed by atoms with Crippen LogP contribution in [-0.2, 0) is 0 Å². The number of hydrogen-bond donors (Lipinski definition) is 1. The monoisotopic (exact) mass is 278 g/mol. The van der Waals surface area contributed by atoms with Gasteiger partial charge in [-0.1, -0.05) is 30.3 Å². The first-order chi connectivity index (χ1) is 10.3. The number of aromatic nitrogens is 3. The molecule has 1 saturated carbocycles. The van der Waals surface area contributed by atoms with E-state index < -0.39 is 0 Å². The summed E-state index contributed by atoms with van der Waals surface area (Å²) in [4.78, 5) is 16.4. The molecular weight excluding hydrogens is 264 g/mol. The van der Waals surface area contributed by atoms with Crippen molar-refractivity contribution >= 4 is 11.6 Å². The summed E-state index contributed by atoms with van der Waals surface area (Å²) in [6.45, 7) is 0. The first-order valence-electron chi connectivity index (χ1n) is 6.96. The zero-order valence-corrected chi connectivity index (χ0v) is 11.3. The Morgan fingerprint density at radius 3 is 2.95 bits per heavy atom. The molecule has 1 N–H and O–H groups in total. The van der Waals surface area contributed by atoms with E-state index in [1.807, 2.05) is 18.2 Å². The lowest BCUT2D eigenvalue weighted by molar-refractivity contribution is 0.0950. The van der Waals surface area contributed by atoms with Gasteiger partial charge in [0.2, 0.25) is 0 Å². The first-order valence-corrected chi connectivity index (χ1v) is 6.96. The van der Waals surface area contributed by atoms with Gasteiger partial charge in [0, 0.05) is 23.7 Å². The molecule has 4 rings (SSSR count). The molecule has 1 aliphatic rings. The standard InChI is InChI=1S/C16H14N4O/c21-16(12-6-7-20-15(8-12)17-10-18-20)19-14-9-13(14)11-4-2-1-3-5-11/h1-8,10,13-14H,9H2,(H,19,21)/t13-,14+/m0/s1. The van der Waals surface area contributed by atoms with E-state index in [1.54, 1.807) is 22.8 Å². The predicted molar refractivity (Wildman–Crippen MR) is 78.0 cm³/mol. The predicted octanol–water partition coefficient (Wildman–Crippen LogP) is 2.02. The fourth-order valence-corrected chi connectivity index (χ4v) is 2.63. The first kappa shape index (κ1) is 12.1. The number of rotatable bonds is 3. The van der Waals surface area contributed by atoms with E-state index in [1.165, 1.54) is 11.9 Å². The molecule has 1 amide bonds. The maximum Gasteiger partial charge on any atom is 0.251 e. The van der Waals surface area contributed by atoms with Crippen LogP contribution < -0.4 is 5.32 Å². The molecule has 5 nitrogen and oxygen atoms in total. The Morgan fingerprint density at radius 2 is 2.10 bits per heavy atom. The van der Waals surface area contributed by atoms with E-state index in [2.05, 4.69) is 27.5 Å². The number of hydrogen-bond acceptors (Lipinski definition) is 3. The second-order valence-electron chi connectivity index (χ2n) is 5.31. The number of benzene rings is 1. The molecular formula is C16H14N4O. The van der Waals surface area contributed by atoms with Crippen LogP contribution in [0.1, 0.15) is 28.3 Å². The molecule has 1 aliphatic carbocycles. The smallest absolute Gasteiger partial charge is 0.251 e. The molecule has 1 fully saturated rings. The van der Waals surface area contributed by atoms with Crippen LogP contribution in [0, 0.1) is 0 Å². The Labute approximate surface area is 121 Å². The van der Waals surface area contributed by atoms with E-state index in [0.717, 1.165) is 6.42 Å². The van der Waals surface area contributed by atoms with Gasteiger partial charge in [-0.15, -0.1) is 0 Å². The van der Waals surface area contributed by atoms with Crippen molar-refractivity contribution < 1.29 is 4.79 Å². The number of nitrogens with zero attached hydrogens (tertiary/aromatic N) is 3. The molecule has 0 spiro atoms. The fraction of sp³-hybridized carbons (Fsp3) is 0.188. The van der Waals surface area contributed by atoms with Crippen LogP contribution in [0.5, 0.6) is 0 Å². The van der Waals surface area contributed by atoms with Crippen LogP contribution >= 0.6 is 0 Å². The molecule has 0 bridgehead atoms. The van der Waals surface area contributed by atoms with Gasteiger partial charge in [-0.2, -0.15) is 5.10 Å². The van der Waals surface area contributed by atoms with E-state index in [-0.39, 0.29) is 11.9 Å². The van der Waals surface area contributed by atoms with Crippen molar-refractivity contribution in [3.63, 3.8) is 0 Å². The topological polar surface area (TPSA) is 59.3 Å². The Kier molecular flexibility index (Phi) is 2.70. The minimum atomic E-state index is -0.0519. The van der Waals surface area contributed by atoms with E-state index in [4.69, 9.17) is 0 Å². The quantitative estimate of drug-likeness (QED) is 0.797. The average Bonchev–Trinajstić information content (AvgIpc) is 3.12. The van der Waals surface area contributed by atoms with Crippen molar-refractivity contribution in [1.29, 1.82) is 0 Å². The number of amides is 1. The Balaban J connectivity index is 1.47. The van der Waals surface area contributed by atoms with Gasteiger partial charge in [-0.25, -0.2) is 9.50 Å².